The minimum atomic E-state index is -3.49. The van der Waals surface area contributed by atoms with E-state index in [-0.39, 0.29) is 5.56 Å². The molecule has 7 nitrogen and oxygen atoms in total. The number of nitrogens with zero attached hydrogens (tertiary/aromatic N) is 1. The van der Waals surface area contributed by atoms with Crippen molar-refractivity contribution in [1.29, 1.82) is 0 Å². The van der Waals surface area contributed by atoms with Gasteiger partial charge in [-0.2, -0.15) is 0 Å². The van der Waals surface area contributed by atoms with Gasteiger partial charge in [0.2, 0.25) is 10.0 Å². The van der Waals surface area contributed by atoms with Crippen molar-refractivity contribution in [2.75, 3.05) is 36.1 Å². The number of hydrogen-bond acceptors (Lipinski definition) is 5. The van der Waals surface area contributed by atoms with E-state index in [0.717, 1.165) is 10.6 Å². The second-order valence-corrected chi connectivity index (χ2v) is 7.74. The summed E-state index contributed by atoms with van der Waals surface area (Å²) < 4.78 is 35.8. The minimum absolute atomic E-state index is 0.247. The number of benzene rings is 2. The summed E-state index contributed by atoms with van der Waals surface area (Å²) in [4.78, 5) is 12.7. The van der Waals surface area contributed by atoms with Crippen molar-refractivity contribution in [2.45, 2.75) is 13.8 Å². The number of carbonyl (C=O) groups excluding carboxylic acids is 1. The van der Waals surface area contributed by atoms with E-state index < -0.39 is 15.9 Å². The first kappa shape index (κ1) is 20.6. The third kappa shape index (κ3) is 5.13. The van der Waals surface area contributed by atoms with Crippen LogP contribution in [0.2, 0.25) is 0 Å². The average molecular weight is 392 g/mol. The van der Waals surface area contributed by atoms with Crippen LogP contribution in [0.25, 0.3) is 0 Å². The van der Waals surface area contributed by atoms with Crippen molar-refractivity contribution < 1.29 is 22.7 Å². The van der Waals surface area contributed by atoms with E-state index in [1.54, 1.807) is 42.5 Å². The van der Waals surface area contributed by atoms with Gasteiger partial charge < -0.3 is 14.8 Å². The van der Waals surface area contributed by atoms with Gasteiger partial charge in [0.15, 0.2) is 11.5 Å². The molecule has 2 aromatic rings. The van der Waals surface area contributed by atoms with Gasteiger partial charge in [0.25, 0.3) is 5.91 Å². The highest BCUT2D eigenvalue weighted by molar-refractivity contribution is 7.92. The fraction of sp³-hybridized carbons (Fsp3) is 0.316. The Morgan fingerprint density at radius 2 is 1.67 bits per heavy atom. The lowest BCUT2D eigenvalue weighted by Crippen LogP contribution is -2.27. The Morgan fingerprint density at radius 3 is 2.30 bits per heavy atom. The van der Waals surface area contributed by atoms with Gasteiger partial charge in [0.05, 0.1) is 30.7 Å². The Morgan fingerprint density at radius 1 is 1.04 bits per heavy atom. The molecule has 0 radical (unpaired) electrons. The maximum absolute atomic E-state index is 12.7. The van der Waals surface area contributed by atoms with Crippen molar-refractivity contribution in [3.63, 3.8) is 0 Å². The fourth-order valence-electron chi connectivity index (χ4n) is 2.45. The first-order valence-electron chi connectivity index (χ1n) is 8.51. The normalized spacial score (nSPS) is 11.0. The maximum atomic E-state index is 12.7. The number of hydrogen-bond donors (Lipinski definition) is 1. The summed E-state index contributed by atoms with van der Waals surface area (Å²) in [5.41, 5.74) is 1.06. The summed E-state index contributed by atoms with van der Waals surface area (Å²) in [5.74, 6) is 0.695. The van der Waals surface area contributed by atoms with E-state index in [0.29, 0.717) is 36.1 Å². The van der Waals surface area contributed by atoms with Crippen LogP contribution in [0.3, 0.4) is 0 Å². The molecule has 0 saturated carbocycles. The standard InChI is InChI=1S/C19H24N2O5S/c1-5-25-17-12-11-14(13-18(17)26-6-2)20-19(22)15-9-7-8-10-16(15)21(3)27(4,23)24/h7-13H,5-6H2,1-4H3,(H,20,22). The molecule has 27 heavy (non-hydrogen) atoms. The molecule has 0 aromatic heterocycles. The van der Waals surface area contributed by atoms with E-state index in [2.05, 4.69) is 5.32 Å². The molecular formula is C19H24N2O5S. The monoisotopic (exact) mass is 392 g/mol. The number of para-hydroxylation sites is 1. The van der Waals surface area contributed by atoms with Crippen LogP contribution in [0.15, 0.2) is 42.5 Å². The van der Waals surface area contributed by atoms with E-state index in [4.69, 9.17) is 9.47 Å². The molecule has 0 fully saturated rings. The third-order valence-electron chi connectivity index (χ3n) is 3.79. The first-order valence-corrected chi connectivity index (χ1v) is 10.4. The zero-order valence-corrected chi connectivity index (χ0v) is 16.7. The second-order valence-electron chi connectivity index (χ2n) is 5.73. The zero-order chi connectivity index (χ0) is 20.0. The maximum Gasteiger partial charge on any atom is 0.257 e. The highest BCUT2D eigenvalue weighted by atomic mass is 32.2. The van der Waals surface area contributed by atoms with Crippen LogP contribution >= 0.6 is 0 Å². The summed E-state index contributed by atoms with van der Waals surface area (Å²) in [6, 6.07) is 11.6. The third-order valence-corrected chi connectivity index (χ3v) is 4.98. The largest absolute Gasteiger partial charge is 0.490 e. The Kier molecular flexibility index (Phi) is 6.68. The Hall–Kier alpha value is -2.74. The van der Waals surface area contributed by atoms with Gasteiger partial charge in [-0.05, 0) is 38.1 Å². The molecule has 2 rings (SSSR count). The summed E-state index contributed by atoms with van der Waals surface area (Å²) in [6.07, 6.45) is 1.09. The lowest BCUT2D eigenvalue weighted by molar-refractivity contribution is 0.102. The Balaban J connectivity index is 2.32. The number of rotatable bonds is 8. The lowest BCUT2D eigenvalue weighted by atomic mass is 10.1. The predicted octanol–water partition coefficient (Wildman–Crippen LogP) is 3.13. The van der Waals surface area contributed by atoms with Crippen LogP contribution in [0.4, 0.5) is 11.4 Å². The van der Waals surface area contributed by atoms with Crippen molar-refractivity contribution >= 4 is 27.3 Å². The summed E-state index contributed by atoms with van der Waals surface area (Å²) in [6.45, 7) is 4.69. The molecule has 0 bridgehead atoms. The number of amides is 1. The van der Waals surface area contributed by atoms with Crippen molar-refractivity contribution in [3.05, 3.63) is 48.0 Å². The molecule has 0 aliphatic carbocycles. The van der Waals surface area contributed by atoms with Crippen LogP contribution in [0.5, 0.6) is 11.5 Å². The van der Waals surface area contributed by atoms with Gasteiger partial charge in [-0.15, -0.1) is 0 Å². The number of sulfonamides is 1. The molecule has 1 amide bonds. The molecule has 0 saturated heterocycles. The van der Waals surface area contributed by atoms with Crippen molar-refractivity contribution in [3.8, 4) is 11.5 Å². The summed E-state index contributed by atoms with van der Waals surface area (Å²) in [7, 11) is -2.09. The predicted molar refractivity (Wildman–Crippen MR) is 106 cm³/mol. The van der Waals surface area contributed by atoms with Crippen LogP contribution in [-0.2, 0) is 10.0 Å². The molecule has 1 N–H and O–H groups in total. The molecule has 0 atom stereocenters. The topological polar surface area (TPSA) is 84.9 Å². The van der Waals surface area contributed by atoms with Crippen LogP contribution in [-0.4, -0.2) is 40.8 Å². The van der Waals surface area contributed by atoms with Gasteiger partial charge in [-0.3, -0.25) is 9.10 Å². The SMILES string of the molecule is CCOc1ccc(NC(=O)c2ccccc2N(C)S(C)(=O)=O)cc1OCC. The van der Waals surface area contributed by atoms with Crippen LogP contribution in [0, 0.1) is 0 Å². The molecule has 0 spiro atoms. The fourth-order valence-corrected chi connectivity index (χ4v) is 2.96. The minimum Gasteiger partial charge on any atom is -0.490 e. The lowest BCUT2D eigenvalue weighted by Gasteiger charge is -2.20. The van der Waals surface area contributed by atoms with Gasteiger partial charge in [0.1, 0.15) is 0 Å². The molecule has 0 aliphatic rings. The number of carbonyl (C=O) groups is 1. The molecular weight excluding hydrogens is 368 g/mol. The van der Waals surface area contributed by atoms with Crippen LogP contribution in [0.1, 0.15) is 24.2 Å². The quantitative estimate of drug-likeness (QED) is 0.746. The average Bonchev–Trinajstić information content (AvgIpc) is 2.63. The van der Waals surface area contributed by atoms with Crippen molar-refractivity contribution in [1.82, 2.24) is 0 Å². The number of nitrogens with one attached hydrogen (secondary N) is 1. The van der Waals surface area contributed by atoms with E-state index in [1.807, 2.05) is 13.8 Å². The Labute approximate surface area is 160 Å². The second kappa shape index (κ2) is 8.77. The van der Waals surface area contributed by atoms with E-state index in [9.17, 15) is 13.2 Å². The van der Waals surface area contributed by atoms with Gasteiger partial charge in [-0.25, -0.2) is 8.42 Å². The van der Waals surface area contributed by atoms with E-state index >= 15 is 0 Å². The number of ether oxygens (including phenoxy) is 2. The summed E-state index contributed by atoms with van der Waals surface area (Å²) >= 11 is 0. The van der Waals surface area contributed by atoms with Gasteiger partial charge in [0, 0.05) is 18.8 Å². The molecule has 2 aromatic carbocycles. The van der Waals surface area contributed by atoms with Crippen molar-refractivity contribution in [2.24, 2.45) is 0 Å². The first-order chi connectivity index (χ1) is 12.8. The molecule has 0 unspecified atom stereocenters. The molecule has 8 heteroatoms. The Bertz CT molecular complexity index is 912. The highest BCUT2D eigenvalue weighted by Gasteiger charge is 2.20. The molecule has 0 aliphatic heterocycles. The van der Waals surface area contributed by atoms with Gasteiger partial charge in [-0.1, -0.05) is 12.1 Å². The van der Waals surface area contributed by atoms with E-state index in [1.165, 1.54) is 7.05 Å². The summed E-state index contributed by atoms with van der Waals surface area (Å²) in [5, 5.41) is 2.78. The zero-order valence-electron chi connectivity index (χ0n) is 15.9. The smallest absolute Gasteiger partial charge is 0.257 e. The molecule has 146 valence electrons. The van der Waals surface area contributed by atoms with Crippen LogP contribution < -0.4 is 19.1 Å². The number of anilines is 2. The van der Waals surface area contributed by atoms with Gasteiger partial charge >= 0.3 is 0 Å². The highest BCUT2D eigenvalue weighted by Crippen LogP contribution is 2.31. The molecule has 0 heterocycles.